The summed E-state index contributed by atoms with van der Waals surface area (Å²) in [5.41, 5.74) is 0.233. The van der Waals surface area contributed by atoms with E-state index in [0.717, 1.165) is 25.7 Å². The lowest BCUT2D eigenvalue weighted by Crippen LogP contribution is -2.56. The molecule has 1 aromatic carbocycles. The molecule has 1 atom stereocenters. The lowest BCUT2D eigenvalue weighted by Gasteiger charge is -2.47. The van der Waals surface area contributed by atoms with Crippen molar-refractivity contribution in [2.75, 3.05) is 14.1 Å². The van der Waals surface area contributed by atoms with Gasteiger partial charge in [0, 0.05) is 17.0 Å². The van der Waals surface area contributed by atoms with Crippen molar-refractivity contribution in [3.8, 4) is 0 Å². The quantitative estimate of drug-likeness (QED) is 0.911. The Kier molecular flexibility index (Phi) is 5.29. The van der Waals surface area contributed by atoms with Gasteiger partial charge in [0.25, 0.3) is 0 Å². The Hall–Kier alpha value is -0.640. The number of halogens is 2. The molecule has 0 saturated heterocycles. The summed E-state index contributed by atoms with van der Waals surface area (Å²) in [6.07, 6.45) is 3.82. The molecule has 1 fully saturated rings. The third-order valence-electron chi connectivity index (χ3n) is 5.07. The van der Waals surface area contributed by atoms with Gasteiger partial charge in [0.05, 0.1) is 6.10 Å². The Morgan fingerprint density at radius 1 is 1.38 bits per heavy atom. The predicted octanol–water partition coefficient (Wildman–Crippen LogP) is 3.89. The van der Waals surface area contributed by atoms with Crippen molar-refractivity contribution in [2.45, 2.75) is 50.7 Å². The first-order valence-electron chi connectivity index (χ1n) is 7.64. The molecule has 0 aliphatic heterocycles. The number of benzene rings is 1. The van der Waals surface area contributed by atoms with E-state index in [4.69, 9.17) is 11.6 Å². The normalized spacial score (nSPS) is 27.9. The molecule has 1 saturated carbocycles. The van der Waals surface area contributed by atoms with Crippen LogP contribution in [-0.2, 0) is 6.42 Å². The first-order valence-corrected chi connectivity index (χ1v) is 8.02. The second-order valence-electron chi connectivity index (χ2n) is 6.64. The van der Waals surface area contributed by atoms with Gasteiger partial charge >= 0.3 is 0 Å². The molecule has 4 heteroatoms. The summed E-state index contributed by atoms with van der Waals surface area (Å²) in [6, 6.07) is 4.53. The second-order valence-corrected chi connectivity index (χ2v) is 7.07. The Morgan fingerprint density at radius 3 is 2.57 bits per heavy atom. The average molecular weight is 314 g/mol. The van der Waals surface area contributed by atoms with E-state index in [9.17, 15) is 9.50 Å². The van der Waals surface area contributed by atoms with Crippen molar-refractivity contribution in [2.24, 2.45) is 5.92 Å². The van der Waals surface area contributed by atoms with E-state index in [-0.39, 0.29) is 11.4 Å². The molecule has 1 aliphatic carbocycles. The van der Waals surface area contributed by atoms with Crippen LogP contribution in [0.4, 0.5) is 4.39 Å². The van der Waals surface area contributed by atoms with Gasteiger partial charge in [-0.2, -0.15) is 0 Å². The van der Waals surface area contributed by atoms with Gasteiger partial charge in [0.15, 0.2) is 0 Å². The van der Waals surface area contributed by atoms with Gasteiger partial charge in [-0.05, 0) is 69.5 Å². The van der Waals surface area contributed by atoms with Gasteiger partial charge < -0.3 is 10.0 Å². The maximum atomic E-state index is 13.9. The smallest absolute Gasteiger partial charge is 0.126 e. The lowest BCUT2D eigenvalue weighted by atomic mass is 9.72. The van der Waals surface area contributed by atoms with E-state index in [0.29, 0.717) is 22.9 Å². The molecule has 2 rings (SSSR count). The highest BCUT2D eigenvalue weighted by molar-refractivity contribution is 6.30. The molecule has 0 bridgehead atoms. The molecule has 1 unspecified atom stereocenters. The van der Waals surface area contributed by atoms with E-state index >= 15 is 0 Å². The number of aliphatic hydroxyl groups is 1. The van der Waals surface area contributed by atoms with Gasteiger partial charge in [-0.15, -0.1) is 0 Å². The maximum absolute atomic E-state index is 13.9. The first kappa shape index (κ1) is 16.7. The monoisotopic (exact) mass is 313 g/mol. The van der Waals surface area contributed by atoms with Crippen LogP contribution < -0.4 is 0 Å². The molecular weight excluding hydrogens is 289 g/mol. The Bertz CT molecular complexity index is 484. The van der Waals surface area contributed by atoms with E-state index in [2.05, 4.69) is 11.8 Å². The summed E-state index contributed by atoms with van der Waals surface area (Å²) in [5, 5.41) is 11.3. The van der Waals surface area contributed by atoms with Crippen LogP contribution in [0, 0.1) is 11.7 Å². The molecule has 1 aliphatic rings. The fraction of sp³-hybridized carbons (Fsp3) is 0.647. The van der Waals surface area contributed by atoms with E-state index < -0.39 is 6.10 Å². The van der Waals surface area contributed by atoms with Crippen LogP contribution in [0.2, 0.25) is 5.02 Å². The summed E-state index contributed by atoms with van der Waals surface area (Å²) in [4.78, 5) is 2.12. The summed E-state index contributed by atoms with van der Waals surface area (Å²) >= 11 is 5.94. The molecule has 0 heterocycles. The number of rotatable bonds is 4. The van der Waals surface area contributed by atoms with Crippen LogP contribution in [0.1, 0.15) is 38.2 Å². The number of hydrogen-bond donors (Lipinski definition) is 1. The fourth-order valence-electron chi connectivity index (χ4n) is 3.44. The zero-order chi connectivity index (χ0) is 15.6. The fourth-order valence-corrected chi connectivity index (χ4v) is 3.63. The van der Waals surface area contributed by atoms with Crippen LogP contribution in [0.3, 0.4) is 0 Å². The van der Waals surface area contributed by atoms with Crippen molar-refractivity contribution >= 4 is 11.6 Å². The standard InChI is InChI=1S/C17H25ClFNO/c1-12-6-8-17(9-7-12,20(2)3)16(21)11-13-10-14(18)4-5-15(13)19/h4-5,10,12,16,21H,6-9,11H2,1-3H3. The number of aliphatic hydroxyl groups excluding tert-OH is 1. The number of nitrogens with zero attached hydrogens (tertiary/aromatic N) is 1. The van der Waals surface area contributed by atoms with Gasteiger partial charge in [-0.25, -0.2) is 4.39 Å². The van der Waals surface area contributed by atoms with Gasteiger partial charge in [-0.1, -0.05) is 18.5 Å². The molecule has 0 amide bonds. The summed E-state index contributed by atoms with van der Waals surface area (Å²) in [6.45, 7) is 2.25. The third kappa shape index (κ3) is 3.58. The minimum Gasteiger partial charge on any atom is -0.391 e. The van der Waals surface area contributed by atoms with Crippen molar-refractivity contribution < 1.29 is 9.50 Å². The molecule has 118 valence electrons. The van der Waals surface area contributed by atoms with Crippen molar-refractivity contribution in [3.63, 3.8) is 0 Å². The zero-order valence-corrected chi connectivity index (χ0v) is 13.8. The lowest BCUT2D eigenvalue weighted by molar-refractivity contribution is -0.0385. The van der Waals surface area contributed by atoms with Crippen LogP contribution in [-0.4, -0.2) is 35.7 Å². The summed E-state index contributed by atoms with van der Waals surface area (Å²) in [7, 11) is 4.01. The average Bonchev–Trinajstić information content (AvgIpc) is 2.43. The molecule has 2 nitrogen and oxygen atoms in total. The zero-order valence-electron chi connectivity index (χ0n) is 13.1. The van der Waals surface area contributed by atoms with Crippen LogP contribution >= 0.6 is 11.6 Å². The Morgan fingerprint density at radius 2 is 2.00 bits per heavy atom. The van der Waals surface area contributed by atoms with E-state index in [1.54, 1.807) is 6.07 Å². The third-order valence-corrected chi connectivity index (χ3v) is 5.31. The van der Waals surface area contributed by atoms with Crippen molar-refractivity contribution in [1.82, 2.24) is 4.90 Å². The largest absolute Gasteiger partial charge is 0.391 e. The van der Waals surface area contributed by atoms with E-state index in [1.165, 1.54) is 12.1 Å². The van der Waals surface area contributed by atoms with Crippen molar-refractivity contribution in [3.05, 3.63) is 34.6 Å². The van der Waals surface area contributed by atoms with Crippen LogP contribution in [0.5, 0.6) is 0 Å². The van der Waals surface area contributed by atoms with Crippen LogP contribution in [0.25, 0.3) is 0 Å². The highest BCUT2D eigenvalue weighted by atomic mass is 35.5. The SMILES string of the molecule is CC1CCC(C(O)Cc2cc(Cl)ccc2F)(N(C)C)CC1. The number of hydrogen-bond acceptors (Lipinski definition) is 2. The van der Waals surface area contributed by atoms with Crippen LogP contribution in [0.15, 0.2) is 18.2 Å². The maximum Gasteiger partial charge on any atom is 0.126 e. The molecule has 1 N–H and O–H groups in total. The Labute approximate surface area is 131 Å². The molecule has 0 radical (unpaired) electrons. The van der Waals surface area contributed by atoms with Gasteiger partial charge in [0.2, 0.25) is 0 Å². The molecule has 21 heavy (non-hydrogen) atoms. The Balaban J connectivity index is 2.19. The summed E-state index contributed by atoms with van der Waals surface area (Å²) < 4.78 is 13.9. The minimum atomic E-state index is -0.590. The highest BCUT2D eigenvalue weighted by Crippen LogP contribution is 2.39. The minimum absolute atomic E-state index is 0.263. The van der Waals surface area contributed by atoms with Gasteiger partial charge in [0.1, 0.15) is 5.82 Å². The molecular formula is C17H25ClFNO. The first-order chi connectivity index (χ1) is 9.85. The highest BCUT2D eigenvalue weighted by Gasteiger charge is 2.42. The molecule has 1 aromatic rings. The van der Waals surface area contributed by atoms with Gasteiger partial charge in [-0.3, -0.25) is 0 Å². The molecule has 0 spiro atoms. The van der Waals surface area contributed by atoms with Crippen molar-refractivity contribution in [1.29, 1.82) is 0 Å². The van der Waals surface area contributed by atoms with E-state index in [1.807, 2.05) is 14.1 Å². The predicted molar refractivity (Wildman–Crippen MR) is 85.2 cm³/mol. The molecule has 0 aromatic heterocycles. The number of likely N-dealkylation sites (N-methyl/N-ethyl adjacent to an activating group) is 1. The topological polar surface area (TPSA) is 23.5 Å². The summed E-state index contributed by atoms with van der Waals surface area (Å²) in [5.74, 6) is 0.407. The second kappa shape index (κ2) is 6.64.